The molecule has 6 nitrogen and oxygen atoms in total. The van der Waals surface area contributed by atoms with E-state index in [1.165, 1.54) is 23.5 Å². The van der Waals surface area contributed by atoms with Crippen molar-refractivity contribution in [3.63, 3.8) is 0 Å². The number of anilines is 3. The number of aromatic nitrogens is 1. The first-order valence-corrected chi connectivity index (χ1v) is 11.2. The Kier molecular flexibility index (Phi) is 5.58. The van der Waals surface area contributed by atoms with Gasteiger partial charge in [-0.05, 0) is 47.5 Å². The first-order valence-electron chi connectivity index (χ1n) is 10.3. The number of nitrogens with zero attached hydrogens (tertiary/aromatic N) is 2. The Labute approximate surface area is 193 Å². The van der Waals surface area contributed by atoms with Gasteiger partial charge >= 0.3 is 0 Å². The zero-order valence-corrected chi connectivity index (χ0v) is 18.2. The fourth-order valence-electron chi connectivity index (χ4n) is 3.93. The fraction of sp³-hybridized carbons (Fsp3) is 0.0800. The summed E-state index contributed by atoms with van der Waals surface area (Å²) in [5, 5.41) is 8.24. The highest BCUT2D eigenvalue weighted by molar-refractivity contribution is 7.13. The normalized spacial score (nSPS) is 13.5. The Morgan fingerprint density at radius 1 is 1.03 bits per heavy atom. The number of thiazole rings is 1. The third kappa shape index (κ3) is 4.33. The van der Waals surface area contributed by atoms with E-state index >= 15 is 0 Å². The highest BCUT2D eigenvalue weighted by Crippen LogP contribution is 2.34. The smallest absolute Gasteiger partial charge is 0.255 e. The molecular formula is C25H19FN4O2S. The number of carbonyl (C=O) groups is 2. The van der Waals surface area contributed by atoms with Crippen molar-refractivity contribution in [2.45, 2.75) is 12.6 Å². The number of halogens is 1. The fourth-order valence-corrected chi connectivity index (χ4v) is 4.46. The quantitative estimate of drug-likeness (QED) is 0.408. The van der Waals surface area contributed by atoms with Crippen molar-refractivity contribution in [1.82, 2.24) is 9.88 Å². The molecule has 4 aromatic rings. The molecule has 2 N–H and O–H groups in total. The van der Waals surface area contributed by atoms with Gasteiger partial charge in [-0.15, -0.1) is 11.3 Å². The minimum absolute atomic E-state index is 0.217. The maximum absolute atomic E-state index is 13.5. The Balaban J connectivity index is 1.43. The molecule has 33 heavy (non-hydrogen) atoms. The summed E-state index contributed by atoms with van der Waals surface area (Å²) in [4.78, 5) is 32.2. The Bertz CT molecular complexity index is 1310. The molecule has 0 bridgehead atoms. The second-order valence-corrected chi connectivity index (χ2v) is 8.47. The van der Waals surface area contributed by atoms with Gasteiger partial charge in [0.05, 0.1) is 0 Å². The molecule has 3 aromatic carbocycles. The zero-order valence-electron chi connectivity index (χ0n) is 17.4. The van der Waals surface area contributed by atoms with Gasteiger partial charge in [0.2, 0.25) is 0 Å². The van der Waals surface area contributed by atoms with Gasteiger partial charge in [-0.25, -0.2) is 9.37 Å². The minimum atomic E-state index is -0.811. The molecule has 2 amide bonds. The third-order valence-corrected chi connectivity index (χ3v) is 6.08. The number of amides is 2. The second kappa shape index (κ2) is 8.84. The lowest BCUT2D eigenvalue weighted by Gasteiger charge is -2.27. The monoisotopic (exact) mass is 458 g/mol. The van der Waals surface area contributed by atoms with Gasteiger partial charge in [0.25, 0.3) is 11.8 Å². The second-order valence-electron chi connectivity index (χ2n) is 7.58. The summed E-state index contributed by atoms with van der Waals surface area (Å²) in [6.07, 6.45) is 1.61. The molecule has 0 unspecified atom stereocenters. The van der Waals surface area contributed by atoms with Crippen LogP contribution in [0.2, 0.25) is 0 Å². The van der Waals surface area contributed by atoms with E-state index in [1.54, 1.807) is 40.7 Å². The summed E-state index contributed by atoms with van der Waals surface area (Å²) in [5.41, 5.74) is 3.40. The van der Waals surface area contributed by atoms with Crippen LogP contribution in [-0.2, 0) is 11.3 Å². The van der Waals surface area contributed by atoms with Crippen LogP contribution in [-0.4, -0.2) is 21.7 Å². The standard InChI is InChI=1S/C25H19FN4O2S/c26-18-7-4-8-19(14-18)28-20-9-10-21-17(13-20)15-30(24(21)32)22(16-5-2-1-3-6-16)23(31)29-25-27-11-12-33-25/h1-14,22,28H,15H2,(H,27,29,31)/t22-/m1/s1. The van der Waals surface area contributed by atoms with Crippen molar-refractivity contribution in [3.8, 4) is 0 Å². The molecule has 1 aliphatic rings. The number of fused-ring (bicyclic) bond motifs is 1. The average Bonchev–Trinajstić information content (AvgIpc) is 3.43. The molecule has 8 heteroatoms. The molecule has 0 saturated carbocycles. The number of hydrogen-bond donors (Lipinski definition) is 2. The van der Waals surface area contributed by atoms with E-state index < -0.39 is 6.04 Å². The number of rotatable bonds is 6. The van der Waals surface area contributed by atoms with E-state index in [4.69, 9.17) is 0 Å². The molecular weight excluding hydrogens is 439 g/mol. The van der Waals surface area contributed by atoms with Crippen molar-refractivity contribution in [2.24, 2.45) is 0 Å². The first-order chi connectivity index (χ1) is 16.1. The van der Waals surface area contributed by atoms with Gasteiger partial charge in [-0.1, -0.05) is 36.4 Å². The van der Waals surface area contributed by atoms with Gasteiger partial charge in [0, 0.05) is 35.1 Å². The predicted molar refractivity (Wildman–Crippen MR) is 126 cm³/mol. The molecule has 0 fully saturated rings. The third-order valence-electron chi connectivity index (χ3n) is 5.39. The molecule has 1 atom stereocenters. The number of carbonyl (C=O) groups excluding carboxylic acids is 2. The predicted octanol–water partition coefficient (Wildman–Crippen LogP) is 5.36. The Morgan fingerprint density at radius 2 is 1.85 bits per heavy atom. The highest BCUT2D eigenvalue weighted by Gasteiger charge is 2.37. The molecule has 1 aliphatic heterocycles. The van der Waals surface area contributed by atoms with Crippen LogP contribution in [0.15, 0.2) is 84.4 Å². The summed E-state index contributed by atoms with van der Waals surface area (Å²) in [7, 11) is 0. The van der Waals surface area contributed by atoms with E-state index in [0.29, 0.717) is 21.9 Å². The van der Waals surface area contributed by atoms with Gasteiger partial charge in [-0.2, -0.15) is 0 Å². The first kappa shape index (κ1) is 20.8. The van der Waals surface area contributed by atoms with E-state index in [9.17, 15) is 14.0 Å². The van der Waals surface area contributed by atoms with E-state index in [0.717, 1.165) is 11.3 Å². The van der Waals surface area contributed by atoms with Crippen LogP contribution in [0.4, 0.5) is 20.9 Å². The van der Waals surface area contributed by atoms with Crippen molar-refractivity contribution in [3.05, 3.63) is 107 Å². The average molecular weight is 459 g/mol. The Morgan fingerprint density at radius 3 is 2.61 bits per heavy atom. The number of nitrogens with one attached hydrogen (secondary N) is 2. The molecule has 0 aliphatic carbocycles. The van der Waals surface area contributed by atoms with E-state index in [2.05, 4.69) is 15.6 Å². The molecule has 164 valence electrons. The van der Waals surface area contributed by atoms with Crippen molar-refractivity contribution in [1.29, 1.82) is 0 Å². The van der Waals surface area contributed by atoms with Crippen LogP contribution >= 0.6 is 11.3 Å². The summed E-state index contributed by atoms with van der Waals surface area (Å²) in [5.74, 6) is -0.875. The molecule has 0 saturated heterocycles. The van der Waals surface area contributed by atoms with Gasteiger partial charge in [0.1, 0.15) is 11.9 Å². The van der Waals surface area contributed by atoms with E-state index in [1.807, 2.05) is 36.4 Å². The number of hydrogen-bond acceptors (Lipinski definition) is 5. The lowest BCUT2D eigenvalue weighted by Crippen LogP contribution is -2.37. The van der Waals surface area contributed by atoms with E-state index in [-0.39, 0.29) is 24.2 Å². The minimum Gasteiger partial charge on any atom is -0.355 e. The molecule has 5 rings (SSSR count). The molecule has 0 spiro atoms. The van der Waals surface area contributed by atoms with Crippen LogP contribution < -0.4 is 10.6 Å². The van der Waals surface area contributed by atoms with Crippen LogP contribution in [0.3, 0.4) is 0 Å². The summed E-state index contributed by atoms with van der Waals surface area (Å²) >= 11 is 1.32. The Hall–Kier alpha value is -4.04. The van der Waals surface area contributed by atoms with Crippen LogP contribution in [0.25, 0.3) is 0 Å². The van der Waals surface area contributed by atoms with Crippen LogP contribution in [0, 0.1) is 5.82 Å². The lowest BCUT2D eigenvalue weighted by atomic mass is 10.0. The topological polar surface area (TPSA) is 74.3 Å². The lowest BCUT2D eigenvalue weighted by molar-refractivity contribution is -0.120. The van der Waals surface area contributed by atoms with Gasteiger partial charge in [-0.3, -0.25) is 14.9 Å². The van der Waals surface area contributed by atoms with Crippen molar-refractivity contribution < 1.29 is 14.0 Å². The van der Waals surface area contributed by atoms with Crippen LogP contribution in [0.1, 0.15) is 27.5 Å². The molecule has 2 heterocycles. The zero-order chi connectivity index (χ0) is 22.8. The maximum Gasteiger partial charge on any atom is 0.255 e. The summed E-state index contributed by atoms with van der Waals surface area (Å²) < 4.78 is 13.5. The SMILES string of the molecule is O=C(Nc1nccs1)[C@@H](c1ccccc1)N1Cc2cc(Nc3cccc(F)c3)ccc2C1=O. The highest BCUT2D eigenvalue weighted by atomic mass is 32.1. The summed E-state index contributed by atoms with van der Waals surface area (Å²) in [6.45, 7) is 0.275. The van der Waals surface area contributed by atoms with Crippen molar-refractivity contribution in [2.75, 3.05) is 10.6 Å². The summed E-state index contributed by atoms with van der Waals surface area (Å²) in [6, 6.07) is 19.9. The number of benzene rings is 3. The van der Waals surface area contributed by atoms with Crippen molar-refractivity contribution >= 4 is 39.7 Å². The largest absolute Gasteiger partial charge is 0.355 e. The molecule has 0 radical (unpaired) electrons. The van der Waals surface area contributed by atoms with Gasteiger partial charge < -0.3 is 10.2 Å². The van der Waals surface area contributed by atoms with Crippen LogP contribution in [0.5, 0.6) is 0 Å². The maximum atomic E-state index is 13.5. The van der Waals surface area contributed by atoms with Gasteiger partial charge in [0.15, 0.2) is 5.13 Å². The molecule has 1 aromatic heterocycles.